The van der Waals surface area contributed by atoms with E-state index in [9.17, 15) is 5.11 Å². The number of rotatable bonds is 9. The van der Waals surface area contributed by atoms with Crippen molar-refractivity contribution in [1.29, 1.82) is 0 Å². The molecule has 120 valence electrons. The third kappa shape index (κ3) is 4.96. The molecule has 1 atom stereocenters. The molecule has 1 aromatic carbocycles. The Hall–Kier alpha value is -1.66. The molecule has 2 rings (SSSR count). The Balaban J connectivity index is 1.83. The van der Waals surface area contributed by atoms with Crippen molar-refractivity contribution in [2.45, 2.75) is 19.6 Å². The first-order valence-electron chi connectivity index (χ1n) is 7.60. The maximum atomic E-state index is 9.51. The quantitative estimate of drug-likeness (QED) is 0.530. The number of hydrogen-bond donors (Lipinski definition) is 4. The third-order valence-corrected chi connectivity index (χ3v) is 3.41. The van der Waals surface area contributed by atoms with Crippen molar-refractivity contribution >= 4 is 0 Å². The molecule has 0 aliphatic heterocycles. The highest BCUT2D eigenvalue weighted by molar-refractivity contribution is 5.58. The maximum absolute atomic E-state index is 9.51. The molecule has 5 heteroatoms. The van der Waals surface area contributed by atoms with Gasteiger partial charge >= 0.3 is 0 Å². The van der Waals surface area contributed by atoms with Crippen LogP contribution in [-0.2, 0) is 6.54 Å². The van der Waals surface area contributed by atoms with Crippen molar-refractivity contribution in [2.24, 2.45) is 0 Å². The van der Waals surface area contributed by atoms with Gasteiger partial charge in [-0.15, -0.1) is 0 Å². The van der Waals surface area contributed by atoms with Gasteiger partial charge in [0.25, 0.3) is 0 Å². The van der Waals surface area contributed by atoms with Gasteiger partial charge in [-0.3, -0.25) is 0 Å². The van der Waals surface area contributed by atoms with Crippen molar-refractivity contribution in [2.75, 3.05) is 26.2 Å². The van der Waals surface area contributed by atoms with Crippen molar-refractivity contribution in [3.63, 3.8) is 0 Å². The summed E-state index contributed by atoms with van der Waals surface area (Å²) in [6.45, 7) is 4.84. The lowest BCUT2D eigenvalue weighted by molar-refractivity contribution is 0.199. The Bertz CT molecular complexity index is 549. The molecule has 1 aromatic heterocycles. The van der Waals surface area contributed by atoms with Gasteiger partial charge < -0.3 is 25.3 Å². The van der Waals surface area contributed by atoms with Gasteiger partial charge in [-0.05, 0) is 24.6 Å². The lowest BCUT2D eigenvalue weighted by Gasteiger charge is -2.05. The molecule has 22 heavy (non-hydrogen) atoms. The van der Waals surface area contributed by atoms with Crippen LogP contribution in [0.15, 0.2) is 40.8 Å². The van der Waals surface area contributed by atoms with E-state index >= 15 is 0 Å². The minimum absolute atomic E-state index is 0.162. The first kappa shape index (κ1) is 16.7. The molecule has 0 saturated carbocycles. The number of benzene rings is 1. The van der Waals surface area contributed by atoms with Crippen LogP contribution in [0.25, 0.3) is 11.3 Å². The zero-order valence-corrected chi connectivity index (χ0v) is 12.9. The fourth-order valence-electron chi connectivity index (χ4n) is 2.15. The second kappa shape index (κ2) is 8.70. The third-order valence-electron chi connectivity index (χ3n) is 3.41. The summed E-state index contributed by atoms with van der Waals surface area (Å²) in [5.41, 5.74) is 1.90. The van der Waals surface area contributed by atoms with Gasteiger partial charge in [0, 0.05) is 25.2 Å². The molecule has 0 unspecified atom stereocenters. The minimum atomic E-state index is -0.454. The number of hydrogen-bond acceptors (Lipinski definition) is 5. The van der Waals surface area contributed by atoms with Crippen molar-refractivity contribution < 1.29 is 14.6 Å². The van der Waals surface area contributed by atoms with Crippen LogP contribution in [0.3, 0.4) is 0 Å². The first-order valence-corrected chi connectivity index (χ1v) is 7.60. The summed E-state index contributed by atoms with van der Waals surface area (Å²) < 4.78 is 5.81. The van der Waals surface area contributed by atoms with Crippen LogP contribution in [0.5, 0.6) is 0 Å². The summed E-state index contributed by atoms with van der Waals surface area (Å²) in [6.07, 6.45) is -0.454. The lowest BCUT2D eigenvalue weighted by atomic mass is 10.1. The zero-order valence-electron chi connectivity index (χ0n) is 12.9. The Labute approximate surface area is 131 Å². The van der Waals surface area contributed by atoms with Gasteiger partial charge in [0.2, 0.25) is 0 Å². The molecule has 0 radical (unpaired) electrons. The van der Waals surface area contributed by atoms with E-state index in [0.717, 1.165) is 35.7 Å². The average Bonchev–Trinajstić information content (AvgIpc) is 3.00. The Morgan fingerprint density at radius 1 is 1.00 bits per heavy atom. The highest BCUT2D eigenvalue weighted by Gasteiger charge is 2.06. The van der Waals surface area contributed by atoms with Crippen LogP contribution in [0.2, 0.25) is 0 Å². The van der Waals surface area contributed by atoms with E-state index in [-0.39, 0.29) is 6.61 Å². The van der Waals surface area contributed by atoms with Crippen LogP contribution >= 0.6 is 0 Å². The molecule has 0 amide bonds. The highest BCUT2D eigenvalue weighted by Crippen LogP contribution is 2.24. The standard InChI is InChI=1S/C17H24N2O3/c1-13(21)14-2-4-15(5-3-14)17-7-6-16(22-17)12-19-9-8-18-10-11-20/h2-7,13,18-21H,8-12H2,1H3/t13-/m1/s1. The second-order valence-corrected chi connectivity index (χ2v) is 5.21. The van der Waals surface area contributed by atoms with E-state index in [1.54, 1.807) is 6.92 Å². The lowest BCUT2D eigenvalue weighted by Crippen LogP contribution is -2.28. The Kier molecular flexibility index (Phi) is 6.61. The van der Waals surface area contributed by atoms with Gasteiger partial charge in [-0.2, -0.15) is 0 Å². The summed E-state index contributed by atoms with van der Waals surface area (Å²) in [6, 6.07) is 11.7. The number of furan rings is 1. The molecule has 0 spiro atoms. The van der Waals surface area contributed by atoms with Gasteiger partial charge in [-0.25, -0.2) is 0 Å². The number of nitrogens with one attached hydrogen (secondary N) is 2. The van der Waals surface area contributed by atoms with Gasteiger partial charge in [-0.1, -0.05) is 24.3 Å². The van der Waals surface area contributed by atoms with Crippen molar-refractivity contribution in [1.82, 2.24) is 10.6 Å². The summed E-state index contributed by atoms with van der Waals surface area (Å²) in [7, 11) is 0. The van der Waals surface area contributed by atoms with Crippen LogP contribution in [0, 0.1) is 0 Å². The largest absolute Gasteiger partial charge is 0.460 e. The van der Waals surface area contributed by atoms with Crippen LogP contribution in [0.1, 0.15) is 24.4 Å². The normalized spacial score (nSPS) is 12.5. The molecule has 2 aromatic rings. The average molecular weight is 304 g/mol. The second-order valence-electron chi connectivity index (χ2n) is 5.21. The monoisotopic (exact) mass is 304 g/mol. The predicted molar refractivity (Wildman–Crippen MR) is 86.4 cm³/mol. The number of aliphatic hydroxyl groups is 2. The SMILES string of the molecule is C[C@@H](O)c1ccc(-c2ccc(CNCCNCCO)o2)cc1. The highest BCUT2D eigenvalue weighted by atomic mass is 16.3. The summed E-state index contributed by atoms with van der Waals surface area (Å²) in [4.78, 5) is 0. The van der Waals surface area contributed by atoms with E-state index in [0.29, 0.717) is 13.1 Å². The topological polar surface area (TPSA) is 77.7 Å². The summed E-state index contributed by atoms with van der Waals surface area (Å²) in [5.74, 6) is 1.71. The molecule has 4 N–H and O–H groups in total. The molecule has 0 bridgehead atoms. The van der Waals surface area contributed by atoms with Crippen LogP contribution in [0.4, 0.5) is 0 Å². The van der Waals surface area contributed by atoms with E-state index < -0.39 is 6.10 Å². The molecule has 0 fully saturated rings. The zero-order chi connectivity index (χ0) is 15.8. The molecule has 0 saturated heterocycles. The summed E-state index contributed by atoms with van der Waals surface area (Å²) in [5, 5.41) is 24.5. The summed E-state index contributed by atoms with van der Waals surface area (Å²) >= 11 is 0. The molecule has 1 heterocycles. The molecule has 0 aliphatic carbocycles. The van der Waals surface area contributed by atoms with E-state index in [4.69, 9.17) is 9.52 Å². The fraction of sp³-hybridized carbons (Fsp3) is 0.412. The molecule has 5 nitrogen and oxygen atoms in total. The molecular weight excluding hydrogens is 280 g/mol. The van der Waals surface area contributed by atoms with Gasteiger partial charge in [0.15, 0.2) is 0 Å². The molecule has 0 aliphatic rings. The minimum Gasteiger partial charge on any atom is -0.460 e. The fourth-order valence-corrected chi connectivity index (χ4v) is 2.15. The van der Waals surface area contributed by atoms with Gasteiger partial charge in [0.1, 0.15) is 11.5 Å². The predicted octanol–water partition coefficient (Wildman–Crippen LogP) is 1.67. The maximum Gasteiger partial charge on any atom is 0.134 e. The van der Waals surface area contributed by atoms with Crippen molar-refractivity contribution in [3.05, 3.63) is 47.7 Å². The van der Waals surface area contributed by atoms with E-state index in [1.165, 1.54) is 0 Å². The van der Waals surface area contributed by atoms with Crippen LogP contribution in [-0.4, -0.2) is 36.5 Å². The van der Waals surface area contributed by atoms with E-state index in [1.807, 2.05) is 36.4 Å². The first-order chi connectivity index (χ1) is 10.7. The Morgan fingerprint density at radius 3 is 2.41 bits per heavy atom. The van der Waals surface area contributed by atoms with Gasteiger partial charge in [0.05, 0.1) is 19.3 Å². The Morgan fingerprint density at radius 2 is 1.73 bits per heavy atom. The van der Waals surface area contributed by atoms with Crippen LogP contribution < -0.4 is 10.6 Å². The smallest absolute Gasteiger partial charge is 0.134 e. The number of aliphatic hydroxyl groups excluding tert-OH is 2. The van der Waals surface area contributed by atoms with Crippen molar-refractivity contribution in [3.8, 4) is 11.3 Å². The van der Waals surface area contributed by atoms with E-state index in [2.05, 4.69) is 10.6 Å². The molecular formula is C17H24N2O3.